The Bertz CT molecular complexity index is 690. The Balaban J connectivity index is 1.96. The van der Waals surface area contributed by atoms with E-state index >= 15 is 0 Å². The van der Waals surface area contributed by atoms with Crippen molar-refractivity contribution in [3.63, 3.8) is 0 Å². The van der Waals surface area contributed by atoms with Gasteiger partial charge in [0.05, 0.1) is 0 Å². The van der Waals surface area contributed by atoms with Gasteiger partial charge in [0.2, 0.25) is 0 Å². The van der Waals surface area contributed by atoms with Crippen LogP contribution < -0.4 is 8.92 Å². The van der Waals surface area contributed by atoms with Crippen molar-refractivity contribution in [2.75, 3.05) is 0 Å². The van der Waals surface area contributed by atoms with E-state index in [4.69, 9.17) is 11.6 Å². The van der Waals surface area contributed by atoms with Crippen molar-refractivity contribution in [1.29, 1.82) is 0 Å². The standard InChI is InChI=1S/C18H13ClSe/c19-15-10-12-16(13-11-15)20-18-9-5-4-8-17(18)14-6-2-1-3-7-14/h1-13H. The van der Waals surface area contributed by atoms with Crippen molar-refractivity contribution in [2.45, 2.75) is 0 Å². The molecule has 0 aliphatic carbocycles. The first-order valence-corrected chi connectivity index (χ1v) is 8.50. The molecule has 3 rings (SSSR count). The summed E-state index contributed by atoms with van der Waals surface area (Å²) in [5, 5.41) is 0.792. The number of benzene rings is 3. The van der Waals surface area contributed by atoms with Gasteiger partial charge in [-0.05, 0) is 0 Å². The number of hydrogen-bond donors (Lipinski definition) is 0. The third-order valence-corrected chi connectivity index (χ3v) is 5.54. The maximum absolute atomic E-state index is 5.95. The fraction of sp³-hybridized carbons (Fsp3) is 0. The molecule has 0 aromatic heterocycles. The van der Waals surface area contributed by atoms with Gasteiger partial charge in [0.25, 0.3) is 0 Å². The zero-order chi connectivity index (χ0) is 13.8. The maximum atomic E-state index is 5.95. The van der Waals surface area contributed by atoms with E-state index in [-0.39, 0.29) is 15.0 Å². The predicted octanol–water partition coefficient (Wildman–Crippen LogP) is 3.66. The van der Waals surface area contributed by atoms with E-state index in [1.165, 1.54) is 20.1 Å². The average molecular weight is 344 g/mol. The molecule has 98 valence electrons. The molecule has 3 aromatic rings. The topological polar surface area (TPSA) is 0 Å². The predicted molar refractivity (Wildman–Crippen MR) is 88.4 cm³/mol. The van der Waals surface area contributed by atoms with E-state index in [0.717, 1.165) is 5.02 Å². The minimum atomic E-state index is 0.289. The molecule has 0 saturated heterocycles. The normalized spacial score (nSPS) is 10.4. The van der Waals surface area contributed by atoms with Gasteiger partial charge in [-0.2, -0.15) is 0 Å². The van der Waals surface area contributed by atoms with Crippen molar-refractivity contribution < 1.29 is 0 Å². The van der Waals surface area contributed by atoms with E-state index < -0.39 is 0 Å². The van der Waals surface area contributed by atoms with Gasteiger partial charge in [0.15, 0.2) is 0 Å². The Morgan fingerprint density at radius 1 is 0.650 bits per heavy atom. The molecule has 0 spiro atoms. The van der Waals surface area contributed by atoms with Crippen LogP contribution in [0.25, 0.3) is 11.1 Å². The SMILES string of the molecule is Clc1ccc([Se]c2ccccc2-c2ccccc2)cc1. The van der Waals surface area contributed by atoms with Crippen LogP contribution in [0.4, 0.5) is 0 Å². The molecule has 0 heterocycles. The van der Waals surface area contributed by atoms with Crippen molar-refractivity contribution in [1.82, 2.24) is 0 Å². The first-order valence-electron chi connectivity index (χ1n) is 6.41. The average Bonchev–Trinajstić information content (AvgIpc) is 2.51. The molecule has 0 radical (unpaired) electrons. The Morgan fingerprint density at radius 2 is 1.30 bits per heavy atom. The first-order chi connectivity index (χ1) is 9.83. The summed E-state index contributed by atoms with van der Waals surface area (Å²) >= 11 is 6.24. The second-order valence-corrected chi connectivity index (χ2v) is 7.19. The summed E-state index contributed by atoms with van der Waals surface area (Å²) < 4.78 is 2.74. The minimum absolute atomic E-state index is 0.289. The Morgan fingerprint density at radius 3 is 2.05 bits per heavy atom. The molecular formula is C18H13ClSe. The van der Waals surface area contributed by atoms with Crippen molar-refractivity contribution in [3.8, 4) is 11.1 Å². The van der Waals surface area contributed by atoms with Crippen LogP contribution in [-0.2, 0) is 0 Å². The fourth-order valence-electron chi connectivity index (χ4n) is 2.04. The monoisotopic (exact) mass is 344 g/mol. The van der Waals surface area contributed by atoms with Gasteiger partial charge in [-0.15, -0.1) is 0 Å². The van der Waals surface area contributed by atoms with Crippen LogP contribution in [0, 0.1) is 0 Å². The zero-order valence-electron chi connectivity index (χ0n) is 10.8. The van der Waals surface area contributed by atoms with E-state index in [0.29, 0.717) is 0 Å². The summed E-state index contributed by atoms with van der Waals surface area (Å²) in [7, 11) is 0. The molecule has 0 aliphatic rings. The van der Waals surface area contributed by atoms with Crippen LogP contribution in [0.5, 0.6) is 0 Å². The summed E-state index contributed by atoms with van der Waals surface area (Å²) in [4.78, 5) is 0. The fourth-order valence-corrected chi connectivity index (χ4v) is 4.20. The molecule has 0 bridgehead atoms. The van der Waals surface area contributed by atoms with E-state index in [1.807, 2.05) is 12.1 Å². The summed E-state index contributed by atoms with van der Waals surface area (Å²) in [5.41, 5.74) is 2.60. The molecule has 0 saturated carbocycles. The van der Waals surface area contributed by atoms with Crippen molar-refractivity contribution in [3.05, 3.63) is 83.9 Å². The summed E-state index contributed by atoms with van der Waals surface area (Å²) in [6.07, 6.45) is 0. The molecule has 2 heteroatoms. The van der Waals surface area contributed by atoms with Crippen LogP contribution in [0.2, 0.25) is 5.02 Å². The van der Waals surface area contributed by atoms with Gasteiger partial charge < -0.3 is 0 Å². The Labute approximate surface area is 130 Å². The second-order valence-electron chi connectivity index (χ2n) is 4.42. The number of rotatable bonds is 3. The number of halogens is 1. The van der Waals surface area contributed by atoms with Gasteiger partial charge in [0.1, 0.15) is 0 Å². The second kappa shape index (κ2) is 6.28. The van der Waals surface area contributed by atoms with E-state index in [9.17, 15) is 0 Å². The van der Waals surface area contributed by atoms with Gasteiger partial charge in [0, 0.05) is 0 Å². The van der Waals surface area contributed by atoms with E-state index in [1.54, 1.807) is 0 Å². The van der Waals surface area contributed by atoms with Crippen LogP contribution in [0.1, 0.15) is 0 Å². The Hall–Kier alpha value is -1.53. The van der Waals surface area contributed by atoms with Gasteiger partial charge >= 0.3 is 130 Å². The zero-order valence-corrected chi connectivity index (χ0v) is 13.3. The van der Waals surface area contributed by atoms with Crippen molar-refractivity contribution in [2.24, 2.45) is 0 Å². The molecule has 20 heavy (non-hydrogen) atoms. The summed E-state index contributed by atoms with van der Waals surface area (Å²) in [6, 6.07) is 27.3. The van der Waals surface area contributed by atoms with Crippen LogP contribution in [0.15, 0.2) is 78.9 Å². The number of hydrogen-bond acceptors (Lipinski definition) is 0. The third kappa shape index (κ3) is 3.13. The van der Waals surface area contributed by atoms with Gasteiger partial charge in [-0.1, -0.05) is 0 Å². The van der Waals surface area contributed by atoms with Crippen LogP contribution in [-0.4, -0.2) is 15.0 Å². The summed E-state index contributed by atoms with van der Waals surface area (Å²) in [5.74, 6) is 0. The summed E-state index contributed by atoms with van der Waals surface area (Å²) in [6.45, 7) is 0. The van der Waals surface area contributed by atoms with Gasteiger partial charge in [-0.3, -0.25) is 0 Å². The molecule has 0 nitrogen and oxygen atoms in total. The van der Waals surface area contributed by atoms with Gasteiger partial charge in [-0.25, -0.2) is 0 Å². The Kier molecular flexibility index (Phi) is 4.22. The quantitative estimate of drug-likeness (QED) is 0.637. The molecule has 0 N–H and O–H groups in total. The molecule has 0 fully saturated rings. The first kappa shape index (κ1) is 13.5. The molecule has 3 aromatic carbocycles. The molecule has 0 amide bonds. The van der Waals surface area contributed by atoms with Crippen LogP contribution >= 0.6 is 11.6 Å². The molecule has 0 unspecified atom stereocenters. The molecule has 0 aliphatic heterocycles. The van der Waals surface area contributed by atoms with E-state index in [2.05, 4.69) is 66.7 Å². The van der Waals surface area contributed by atoms with Crippen LogP contribution in [0.3, 0.4) is 0 Å². The molecule has 0 atom stereocenters. The van der Waals surface area contributed by atoms with Crippen molar-refractivity contribution >= 4 is 35.5 Å². The molecular weight excluding hydrogens is 331 g/mol. The third-order valence-electron chi connectivity index (χ3n) is 3.01.